The van der Waals surface area contributed by atoms with Crippen LogP contribution < -0.4 is 0 Å². The zero-order valence-electron chi connectivity index (χ0n) is 13.5. The van der Waals surface area contributed by atoms with Crippen LogP contribution in [-0.2, 0) is 5.75 Å². The number of rotatable bonds is 5. The van der Waals surface area contributed by atoms with Crippen molar-refractivity contribution in [1.82, 2.24) is 25.2 Å². The van der Waals surface area contributed by atoms with Gasteiger partial charge in [0.15, 0.2) is 5.76 Å². The summed E-state index contributed by atoms with van der Waals surface area (Å²) >= 11 is 1.49. The third kappa shape index (κ3) is 3.46. The molecule has 2 aromatic carbocycles. The number of thioether (sulfide) groups is 1. The molecule has 0 atom stereocenters. The van der Waals surface area contributed by atoms with E-state index in [1.165, 1.54) is 11.8 Å². The normalized spacial score (nSPS) is 10.9. The third-order valence-electron chi connectivity index (χ3n) is 3.62. The molecule has 4 aromatic rings. The summed E-state index contributed by atoms with van der Waals surface area (Å²) in [4.78, 5) is 4.34. The Bertz CT molecular complexity index is 980. The monoisotopic (exact) mass is 349 g/mol. The lowest BCUT2D eigenvalue weighted by atomic mass is 10.2. The van der Waals surface area contributed by atoms with Crippen molar-refractivity contribution in [2.75, 3.05) is 0 Å². The van der Waals surface area contributed by atoms with Crippen LogP contribution >= 0.6 is 11.8 Å². The van der Waals surface area contributed by atoms with E-state index in [1.54, 1.807) is 10.9 Å². The lowest BCUT2D eigenvalue weighted by molar-refractivity contribution is 0.529. The molecule has 0 aliphatic heterocycles. The molecule has 0 saturated heterocycles. The summed E-state index contributed by atoms with van der Waals surface area (Å²) in [6.45, 7) is 2.04. The molecule has 0 bridgehead atoms. The molecule has 25 heavy (non-hydrogen) atoms. The molecule has 0 saturated carbocycles. The van der Waals surface area contributed by atoms with Crippen LogP contribution in [0.3, 0.4) is 0 Å². The number of tetrazole rings is 1. The van der Waals surface area contributed by atoms with Crippen molar-refractivity contribution < 1.29 is 4.42 Å². The van der Waals surface area contributed by atoms with Crippen molar-refractivity contribution >= 4 is 11.8 Å². The summed E-state index contributed by atoms with van der Waals surface area (Å²) < 4.78 is 7.54. The van der Waals surface area contributed by atoms with Gasteiger partial charge in [0.05, 0.1) is 17.6 Å². The Morgan fingerprint density at radius 3 is 2.80 bits per heavy atom. The van der Waals surface area contributed by atoms with Gasteiger partial charge in [-0.05, 0) is 35.0 Å². The molecular formula is C18H15N5OS. The molecule has 0 amide bonds. The highest BCUT2D eigenvalue weighted by Crippen LogP contribution is 2.25. The molecule has 2 heterocycles. The topological polar surface area (TPSA) is 69.6 Å². The molecule has 0 N–H and O–H groups in total. The van der Waals surface area contributed by atoms with E-state index in [-0.39, 0.29) is 0 Å². The minimum atomic E-state index is 0.555. The van der Waals surface area contributed by atoms with Gasteiger partial charge in [0.1, 0.15) is 0 Å². The van der Waals surface area contributed by atoms with Gasteiger partial charge < -0.3 is 4.42 Å². The van der Waals surface area contributed by atoms with E-state index in [0.717, 1.165) is 22.6 Å². The van der Waals surface area contributed by atoms with Crippen LogP contribution in [0.4, 0.5) is 0 Å². The van der Waals surface area contributed by atoms with E-state index < -0.39 is 0 Å². The van der Waals surface area contributed by atoms with Crippen molar-refractivity contribution in [2.24, 2.45) is 0 Å². The molecule has 0 fully saturated rings. The molecule has 0 aliphatic carbocycles. The van der Waals surface area contributed by atoms with Gasteiger partial charge in [-0.25, -0.2) is 4.98 Å². The smallest absolute Gasteiger partial charge is 0.214 e. The standard InChI is InChI=1S/C18H15N5OS/c1-13-6-5-9-15(10-13)23-18(20-21-22-23)25-12-17-19-11-16(24-17)14-7-3-2-4-8-14/h2-11H,12H2,1H3. The molecule has 0 radical (unpaired) electrons. The first-order chi connectivity index (χ1) is 12.3. The molecule has 0 spiro atoms. The second kappa shape index (κ2) is 6.90. The van der Waals surface area contributed by atoms with Crippen LogP contribution in [0.5, 0.6) is 0 Å². The molecular weight excluding hydrogens is 334 g/mol. The summed E-state index contributed by atoms with van der Waals surface area (Å²) in [5, 5.41) is 12.7. The fourth-order valence-corrected chi connectivity index (χ4v) is 3.17. The Morgan fingerprint density at radius 2 is 1.96 bits per heavy atom. The Kier molecular flexibility index (Phi) is 4.30. The number of oxazole rings is 1. The van der Waals surface area contributed by atoms with Gasteiger partial charge in [0, 0.05) is 5.56 Å². The lowest BCUT2D eigenvalue weighted by Gasteiger charge is -2.04. The SMILES string of the molecule is Cc1cccc(-n2nnnc2SCc2ncc(-c3ccccc3)o2)c1. The number of aryl methyl sites for hydroxylation is 1. The van der Waals surface area contributed by atoms with E-state index >= 15 is 0 Å². The molecule has 2 aromatic heterocycles. The Morgan fingerprint density at radius 1 is 1.08 bits per heavy atom. The van der Waals surface area contributed by atoms with Crippen molar-refractivity contribution in [3.8, 4) is 17.0 Å². The van der Waals surface area contributed by atoms with Gasteiger partial charge in [-0.1, -0.05) is 54.2 Å². The average Bonchev–Trinajstić information content (AvgIpc) is 3.30. The number of nitrogens with zero attached hydrogens (tertiary/aromatic N) is 5. The first-order valence-corrected chi connectivity index (χ1v) is 8.76. The summed E-state index contributed by atoms with van der Waals surface area (Å²) in [6.07, 6.45) is 1.74. The largest absolute Gasteiger partial charge is 0.440 e. The molecule has 7 heteroatoms. The van der Waals surface area contributed by atoms with E-state index in [9.17, 15) is 0 Å². The van der Waals surface area contributed by atoms with Gasteiger partial charge in [-0.3, -0.25) is 0 Å². The number of benzene rings is 2. The third-order valence-corrected chi connectivity index (χ3v) is 4.53. The van der Waals surface area contributed by atoms with Crippen molar-refractivity contribution in [2.45, 2.75) is 17.8 Å². The summed E-state index contributed by atoms with van der Waals surface area (Å²) in [6, 6.07) is 18.0. The van der Waals surface area contributed by atoms with E-state index in [0.29, 0.717) is 16.8 Å². The zero-order chi connectivity index (χ0) is 17.1. The van der Waals surface area contributed by atoms with E-state index in [2.05, 4.69) is 20.5 Å². The quantitative estimate of drug-likeness (QED) is 0.509. The van der Waals surface area contributed by atoms with Gasteiger partial charge in [0.25, 0.3) is 0 Å². The van der Waals surface area contributed by atoms with Crippen LogP contribution in [0.25, 0.3) is 17.0 Å². The average molecular weight is 349 g/mol. The van der Waals surface area contributed by atoms with E-state index in [4.69, 9.17) is 4.42 Å². The highest BCUT2D eigenvalue weighted by atomic mass is 32.2. The Hall–Kier alpha value is -2.93. The maximum atomic E-state index is 5.82. The second-order valence-electron chi connectivity index (χ2n) is 5.49. The Labute approximate surface area is 148 Å². The predicted octanol–water partition coefficient (Wildman–Crippen LogP) is 3.92. The van der Waals surface area contributed by atoms with Gasteiger partial charge in [0.2, 0.25) is 11.0 Å². The van der Waals surface area contributed by atoms with Crippen LogP contribution in [0.2, 0.25) is 0 Å². The van der Waals surface area contributed by atoms with E-state index in [1.807, 2.05) is 61.5 Å². The molecule has 6 nitrogen and oxygen atoms in total. The maximum Gasteiger partial charge on any atom is 0.214 e. The van der Waals surface area contributed by atoms with Crippen molar-refractivity contribution in [3.63, 3.8) is 0 Å². The van der Waals surface area contributed by atoms with Crippen molar-refractivity contribution in [1.29, 1.82) is 0 Å². The summed E-state index contributed by atoms with van der Waals surface area (Å²) in [5.41, 5.74) is 3.10. The van der Waals surface area contributed by atoms with Crippen LogP contribution in [0.15, 0.2) is 70.4 Å². The Balaban J connectivity index is 1.50. The molecule has 124 valence electrons. The highest BCUT2D eigenvalue weighted by molar-refractivity contribution is 7.98. The zero-order valence-corrected chi connectivity index (χ0v) is 14.3. The van der Waals surface area contributed by atoms with Crippen molar-refractivity contribution in [3.05, 3.63) is 72.2 Å². The maximum absolute atomic E-state index is 5.82. The molecule has 0 aliphatic rings. The highest BCUT2D eigenvalue weighted by Gasteiger charge is 2.12. The van der Waals surface area contributed by atoms with Gasteiger partial charge in [-0.2, -0.15) is 4.68 Å². The minimum absolute atomic E-state index is 0.555. The second-order valence-corrected chi connectivity index (χ2v) is 6.43. The van der Waals surface area contributed by atoms with Crippen LogP contribution in [0.1, 0.15) is 11.5 Å². The minimum Gasteiger partial charge on any atom is -0.440 e. The number of aromatic nitrogens is 5. The first kappa shape index (κ1) is 15.6. The number of hydrogen-bond donors (Lipinski definition) is 0. The fourth-order valence-electron chi connectivity index (χ4n) is 2.43. The fraction of sp³-hybridized carbons (Fsp3) is 0.111. The van der Waals surface area contributed by atoms with Gasteiger partial charge >= 0.3 is 0 Å². The van der Waals surface area contributed by atoms with Crippen LogP contribution in [0, 0.1) is 6.92 Å². The predicted molar refractivity (Wildman–Crippen MR) is 95.4 cm³/mol. The summed E-state index contributed by atoms with van der Waals surface area (Å²) in [7, 11) is 0. The first-order valence-electron chi connectivity index (χ1n) is 7.78. The van der Waals surface area contributed by atoms with Gasteiger partial charge in [-0.15, -0.1) is 5.10 Å². The van der Waals surface area contributed by atoms with Crippen LogP contribution in [-0.4, -0.2) is 25.2 Å². The lowest BCUT2D eigenvalue weighted by Crippen LogP contribution is -1.99. The summed E-state index contributed by atoms with van der Waals surface area (Å²) in [5.74, 6) is 1.95. The molecule has 4 rings (SSSR count). The molecule has 0 unspecified atom stereocenters. The number of hydrogen-bond acceptors (Lipinski definition) is 6.